The number of aryl methyl sites for hydroxylation is 1. The Labute approximate surface area is 115 Å². The summed E-state index contributed by atoms with van der Waals surface area (Å²) in [5.74, 6) is -0.783. The zero-order valence-corrected chi connectivity index (χ0v) is 11.6. The molecule has 2 N–H and O–H groups in total. The summed E-state index contributed by atoms with van der Waals surface area (Å²) in [6.45, 7) is 1.99. The molecule has 1 aromatic rings. The average Bonchev–Trinajstić information content (AvgIpc) is 2.64. The molecule has 1 aromatic carbocycles. The van der Waals surface area contributed by atoms with Gasteiger partial charge in [0.1, 0.15) is 6.04 Å². The van der Waals surface area contributed by atoms with Crippen LogP contribution in [0.25, 0.3) is 0 Å². The Morgan fingerprint density at radius 2 is 1.95 bits per heavy atom. The van der Waals surface area contributed by atoms with Crippen molar-refractivity contribution in [3.05, 3.63) is 35.4 Å². The van der Waals surface area contributed by atoms with E-state index < -0.39 is 12.0 Å². The second-order valence-corrected chi connectivity index (χ2v) is 5.54. The van der Waals surface area contributed by atoms with Gasteiger partial charge in [-0.3, -0.25) is 10.1 Å². The number of nitrogens with one attached hydrogen (secondary N) is 1. The molecule has 1 aliphatic rings. The van der Waals surface area contributed by atoms with Crippen molar-refractivity contribution in [3.8, 4) is 0 Å². The van der Waals surface area contributed by atoms with Crippen LogP contribution >= 0.6 is 0 Å². The van der Waals surface area contributed by atoms with Crippen LogP contribution < -0.4 is 5.32 Å². The van der Waals surface area contributed by atoms with Crippen LogP contribution in [-0.4, -0.2) is 17.1 Å². The van der Waals surface area contributed by atoms with Gasteiger partial charge in [0.05, 0.1) is 0 Å². The van der Waals surface area contributed by atoms with E-state index in [4.69, 9.17) is 0 Å². The van der Waals surface area contributed by atoms with Crippen molar-refractivity contribution in [1.82, 2.24) is 5.32 Å². The highest BCUT2D eigenvalue weighted by Crippen LogP contribution is 2.22. The summed E-state index contributed by atoms with van der Waals surface area (Å²) in [4.78, 5) is 11.5. The minimum atomic E-state index is -0.783. The highest BCUT2D eigenvalue weighted by atomic mass is 16.4. The molecule has 0 radical (unpaired) electrons. The van der Waals surface area contributed by atoms with Gasteiger partial charge < -0.3 is 5.11 Å². The molecular weight excluding hydrogens is 238 g/mol. The van der Waals surface area contributed by atoms with E-state index in [1.807, 2.05) is 31.2 Å². The molecule has 0 spiro atoms. The van der Waals surface area contributed by atoms with Crippen molar-refractivity contribution >= 4 is 5.97 Å². The molecular formula is C16H23NO2. The van der Waals surface area contributed by atoms with Crippen LogP contribution in [-0.2, 0) is 4.79 Å². The fourth-order valence-corrected chi connectivity index (χ4v) is 2.84. The lowest BCUT2D eigenvalue weighted by Crippen LogP contribution is -2.36. The molecule has 0 aromatic heterocycles. The van der Waals surface area contributed by atoms with Crippen LogP contribution in [0.2, 0.25) is 0 Å². The summed E-state index contributed by atoms with van der Waals surface area (Å²) in [5.41, 5.74) is 1.96. The molecule has 3 heteroatoms. The number of benzene rings is 1. The number of aliphatic carboxylic acids is 1. The van der Waals surface area contributed by atoms with Crippen LogP contribution in [0.3, 0.4) is 0 Å². The van der Waals surface area contributed by atoms with Crippen LogP contribution in [0, 0.1) is 6.92 Å². The maximum atomic E-state index is 11.5. The molecule has 104 valence electrons. The maximum Gasteiger partial charge on any atom is 0.325 e. The van der Waals surface area contributed by atoms with Crippen molar-refractivity contribution in [3.63, 3.8) is 0 Å². The van der Waals surface area contributed by atoms with Gasteiger partial charge in [-0.25, -0.2) is 0 Å². The normalized spacial score (nSPS) is 18.8. The molecule has 0 amide bonds. The minimum absolute atomic E-state index is 0.337. The van der Waals surface area contributed by atoms with Crippen LogP contribution in [0.1, 0.15) is 55.7 Å². The molecule has 2 rings (SSSR count). The van der Waals surface area contributed by atoms with Crippen molar-refractivity contribution in [1.29, 1.82) is 0 Å². The van der Waals surface area contributed by atoms with Gasteiger partial charge in [0.15, 0.2) is 0 Å². The van der Waals surface area contributed by atoms with E-state index in [1.165, 1.54) is 25.7 Å². The Bertz CT molecular complexity index is 423. The van der Waals surface area contributed by atoms with Crippen LogP contribution in [0.5, 0.6) is 0 Å². The first-order chi connectivity index (χ1) is 9.16. The molecule has 0 saturated heterocycles. The van der Waals surface area contributed by atoms with Gasteiger partial charge in [0.25, 0.3) is 0 Å². The quantitative estimate of drug-likeness (QED) is 0.816. The number of hydrogen-bond acceptors (Lipinski definition) is 2. The third kappa shape index (κ3) is 4.06. The Kier molecular flexibility index (Phi) is 4.97. The molecule has 1 fully saturated rings. The summed E-state index contributed by atoms with van der Waals surface area (Å²) in [6.07, 6.45) is 7.15. The smallest absolute Gasteiger partial charge is 0.325 e. The zero-order chi connectivity index (χ0) is 13.7. The van der Waals surface area contributed by atoms with Crippen molar-refractivity contribution in [2.24, 2.45) is 0 Å². The largest absolute Gasteiger partial charge is 0.480 e. The van der Waals surface area contributed by atoms with Crippen LogP contribution in [0.4, 0.5) is 0 Å². The summed E-state index contributed by atoms with van der Waals surface area (Å²) < 4.78 is 0. The Hall–Kier alpha value is -1.35. The topological polar surface area (TPSA) is 49.3 Å². The van der Waals surface area contributed by atoms with Gasteiger partial charge in [0, 0.05) is 6.04 Å². The van der Waals surface area contributed by atoms with Gasteiger partial charge >= 0.3 is 5.97 Å². The first-order valence-electron chi connectivity index (χ1n) is 7.22. The lowest BCUT2D eigenvalue weighted by Gasteiger charge is -2.22. The Balaban J connectivity index is 2.09. The first-order valence-corrected chi connectivity index (χ1v) is 7.22. The molecule has 1 unspecified atom stereocenters. The fourth-order valence-electron chi connectivity index (χ4n) is 2.84. The van der Waals surface area contributed by atoms with Gasteiger partial charge in [-0.05, 0) is 25.3 Å². The molecule has 0 aliphatic heterocycles. The second kappa shape index (κ2) is 6.71. The van der Waals surface area contributed by atoms with Crippen molar-refractivity contribution in [2.75, 3.05) is 0 Å². The van der Waals surface area contributed by atoms with E-state index >= 15 is 0 Å². The summed E-state index contributed by atoms with van der Waals surface area (Å²) in [5, 5.41) is 12.8. The monoisotopic (exact) mass is 261 g/mol. The number of rotatable bonds is 4. The number of carboxylic acids is 1. The molecule has 1 saturated carbocycles. The first kappa shape index (κ1) is 14.1. The highest BCUT2D eigenvalue weighted by Gasteiger charge is 2.23. The molecule has 19 heavy (non-hydrogen) atoms. The molecule has 0 bridgehead atoms. The second-order valence-electron chi connectivity index (χ2n) is 5.54. The average molecular weight is 261 g/mol. The number of carboxylic acid groups (broad SMARTS) is 1. The van der Waals surface area contributed by atoms with Gasteiger partial charge in [-0.1, -0.05) is 55.5 Å². The Morgan fingerprint density at radius 1 is 1.26 bits per heavy atom. The maximum absolute atomic E-state index is 11.5. The lowest BCUT2D eigenvalue weighted by atomic mass is 10.0. The molecule has 3 nitrogen and oxygen atoms in total. The molecule has 0 heterocycles. The summed E-state index contributed by atoms with van der Waals surface area (Å²) >= 11 is 0. The molecule has 1 aliphatic carbocycles. The standard InChI is InChI=1S/C16H23NO2/c1-12-7-6-8-13(11-12)15(16(18)19)17-14-9-4-2-3-5-10-14/h6-8,11,14-15,17H,2-5,9-10H2,1H3,(H,18,19). The van der Waals surface area contributed by atoms with Crippen molar-refractivity contribution in [2.45, 2.75) is 57.5 Å². The summed E-state index contributed by atoms with van der Waals surface area (Å²) in [7, 11) is 0. The van der Waals surface area contributed by atoms with Gasteiger partial charge in [-0.15, -0.1) is 0 Å². The SMILES string of the molecule is Cc1cccc(C(NC2CCCCCC2)C(=O)O)c1. The predicted molar refractivity (Wildman–Crippen MR) is 76.2 cm³/mol. The number of hydrogen-bond donors (Lipinski definition) is 2. The fraction of sp³-hybridized carbons (Fsp3) is 0.562. The van der Waals surface area contributed by atoms with Gasteiger partial charge in [-0.2, -0.15) is 0 Å². The molecule has 1 atom stereocenters. The zero-order valence-electron chi connectivity index (χ0n) is 11.6. The van der Waals surface area contributed by atoms with E-state index in [1.54, 1.807) is 0 Å². The van der Waals surface area contributed by atoms with E-state index in [0.717, 1.165) is 24.0 Å². The highest BCUT2D eigenvalue weighted by molar-refractivity contribution is 5.75. The van der Waals surface area contributed by atoms with E-state index in [9.17, 15) is 9.90 Å². The van der Waals surface area contributed by atoms with E-state index in [0.29, 0.717) is 6.04 Å². The Morgan fingerprint density at radius 3 is 2.53 bits per heavy atom. The van der Waals surface area contributed by atoms with Crippen molar-refractivity contribution < 1.29 is 9.90 Å². The van der Waals surface area contributed by atoms with Crippen LogP contribution in [0.15, 0.2) is 24.3 Å². The van der Waals surface area contributed by atoms with E-state index in [2.05, 4.69) is 5.32 Å². The predicted octanol–water partition coefficient (Wildman–Crippen LogP) is 3.43. The number of carbonyl (C=O) groups is 1. The van der Waals surface area contributed by atoms with Gasteiger partial charge in [0.2, 0.25) is 0 Å². The lowest BCUT2D eigenvalue weighted by molar-refractivity contribution is -0.140. The third-order valence-electron chi connectivity index (χ3n) is 3.88. The summed E-state index contributed by atoms with van der Waals surface area (Å²) in [6, 6.07) is 7.54. The minimum Gasteiger partial charge on any atom is -0.480 e. The van der Waals surface area contributed by atoms with E-state index in [-0.39, 0.29) is 0 Å². The third-order valence-corrected chi connectivity index (χ3v) is 3.88.